The number of fused-ring (bicyclic) bond motifs is 1. The highest BCUT2D eigenvalue weighted by molar-refractivity contribution is 6.33. The zero-order valence-electron chi connectivity index (χ0n) is 10.7. The molecule has 0 saturated carbocycles. The lowest BCUT2D eigenvalue weighted by atomic mass is 10.1. The van der Waals surface area contributed by atoms with Gasteiger partial charge in [0, 0.05) is 28.4 Å². The summed E-state index contributed by atoms with van der Waals surface area (Å²) in [5, 5.41) is 12.0. The van der Waals surface area contributed by atoms with Gasteiger partial charge in [-0.1, -0.05) is 41.4 Å². The van der Waals surface area contributed by atoms with Crippen molar-refractivity contribution in [2.45, 2.75) is 13.2 Å². The Hall–Kier alpha value is -1.48. The van der Waals surface area contributed by atoms with E-state index in [9.17, 15) is 5.11 Å². The summed E-state index contributed by atoms with van der Waals surface area (Å²) in [4.78, 5) is 0. The third-order valence-corrected chi connectivity index (χ3v) is 3.99. The van der Waals surface area contributed by atoms with Crippen LogP contribution in [0.15, 0.2) is 48.7 Å². The minimum atomic E-state index is 0.0185. The zero-order chi connectivity index (χ0) is 14.1. The van der Waals surface area contributed by atoms with E-state index in [0.717, 1.165) is 22.0 Å². The summed E-state index contributed by atoms with van der Waals surface area (Å²) in [6, 6.07) is 13.4. The third-order valence-electron chi connectivity index (χ3n) is 3.39. The van der Waals surface area contributed by atoms with Gasteiger partial charge in [-0.3, -0.25) is 0 Å². The maximum absolute atomic E-state index is 9.48. The van der Waals surface area contributed by atoms with Gasteiger partial charge < -0.3 is 9.67 Å². The number of aliphatic hydroxyl groups excluding tert-OH is 1. The van der Waals surface area contributed by atoms with Crippen LogP contribution in [-0.4, -0.2) is 9.67 Å². The first kappa shape index (κ1) is 13.5. The Kier molecular flexibility index (Phi) is 3.70. The van der Waals surface area contributed by atoms with E-state index in [2.05, 4.69) is 4.57 Å². The normalized spacial score (nSPS) is 11.2. The second-order valence-corrected chi connectivity index (χ2v) is 5.54. The van der Waals surface area contributed by atoms with Crippen LogP contribution in [0.25, 0.3) is 10.9 Å². The van der Waals surface area contributed by atoms with Gasteiger partial charge in [-0.05, 0) is 35.2 Å². The summed E-state index contributed by atoms with van der Waals surface area (Å²) in [6.45, 7) is 0.643. The Morgan fingerprint density at radius 1 is 1.00 bits per heavy atom. The Labute approximate surface area is 127 Å². The molecule has 0 aliphatic carbocycles. The summed E-state index contributed by atoms with van der Waals surface area (Å²) in [5.41, 5.74) is 2.90. The number of aromatic nitrogens is 1. The summed E-state index contributed by atoms with van der Waals surface area (Å²) in [5.74, 6) is 0. The minimum Gasteiger partial charge on any atom is -0.392 e. The molecule has 0 aliphatic rings. The van der Waals surface area contributed by atoms with E-state index < -0.39 is 0 Å². The van der Waals surface area contributed by atoms with Crippen molar-refractivity contribution < 1.29 is 5.11 Å². The van der Waals surface area contributed by atoms with Gasteiger partial charge in [0.1, 0.15) is 0 Å². The van der Waals surface area contributed by atoms with Crippen LogP contribution in [0.5, 0.6) is 0 Å². The standard InChI is InChI=1S/C16H13Cl2NO/c17-14-4-5-15(18)13(8-14)9-19-7-6-11-2-1-3-12(10-20)16(11)19/h1-8,20H,9-10H2. The Morgan fingerprint density at radius 3 is 2.65 bits per heavy atom. The molecule has 0 atom stereocenters. The summed E-state index contributed by atoms with van der Waals surface area (Å²) >= 11 is 12.2. The summed E-state index contributed by atoms with van der Waals surface area (Å²) in [7, 11) is 0. The van der Waals surface area contributed by atoms with Crippen LogP contribution in [0.4, 0.5) is 0 Å². The largest absolute Gasteiger partial charge is 0.392 e. The predicted molar refractivity (Wildman–Crippen MR) is 83.4 cm³/mol. The first-order valence-electron chi connectivity index (χ1n) is 6.30. The van der Waals surface area contributed by atoms with Gasteiger partial charge in [-0.15, -0.1) is 0 Å². The van der Waals surface area contributed by atoms with Crippen molar-refractivity contribution in [3.8, 4) is 0 Å². The van der Waals surface area contributed by atoms with E-state index in [1.54, 1.807) is 12.1 Å². The smallest absolute Gasteiger partial charge is 0.0702 e. The van der Waals surface area contributed by atoms with Gasteiger partial charge in [0.15, 0.2) is 0 Å². The van der Waals surface area contributed by atoms with Crippen molar-refractivity contribution in [3.05, 3.63) is 69.8 Å². The van der Waals surface area contributed by atoms with Gasteiger partial charge in [0.2, 0.25) is 0 Å². The number of rotatable bonds is 3. The molecule has 0 radical (unpaired) electrons. The maximum atomic E-state index is 9.48. The van der Waals surface area contributed by atoms with Crippen molar-refractivity contribution >= 4 is 34.1 Å². The molecule has 3 aromatic rings. The average Bonchev–Trinajstić information content (AvgIpc) is 2.86. The van der Waals surface area contributed by atoms with Crippen LogP contribution < -0.4 is 0 Å². The molecule has 0 aliphatic heterocycles. The molecule has 1 heterocycles. The molecular weight excluding hydrogens is 293 g/mol. The number of para-hydroxylation sites is 1. The zero-order valence-corrected chi connectivity index (χ0v) is 12.2. The van der Waals surface area contributed by atoms with Crippen molar-refractivity contribution in [3.63, 3.8) is 0 Å². The van der Waals surface area contributed by atoms with Crippen molar-refractivity contribution in [2.24, 2.45) is 0 Å². The molecule has 2 aromatic carbocycles. The minimum absolute atomic E-state index is 0.0185. The highest BCUT2D eigenvalue weighted by Gasteiger charge is 2.08. The Morgan fingerprint density at radius 2 is 1.85 bits per heavy atom. The first-order valence-corrected chi connectivity index (χ1v) is 7.06. The van der Waals surface area contributed by atoms with Crippen molar-refractivity contribution in [1.29, 1.82) is 0 Å². The van der Waals surface area contributed by atoms with Crippen LogP contribution in [0.1, 0.15) is 11.1 Å². The van der Waals surface area contributed by atoms with E-state index in [-0.39, 0.29) is 6.61 Å². The van der Waals surface area contributed by atoms with Crippen LogP contribution in [-0.2, 0) is 13.2 Å². The summed E-state index contributed by atoms with van der Waals surface area (Å²) < 4.78 is 2.08. The van der Waals surface area contributed by atoms with Crippen LogP contribution in [0.3, 0.4) is 0 Å². The number of benzene rings is 2. The van der Waals surface area contributed by atoms with E-state index >= 15 is 0 Å². The lowest BCUT2D eigenvalue weighted by Gasteiger charge is -2.10. The fraction of sp³-hybridized carbons (Fsp3) is 0.125. The maximum Gasteiger partial charge on any atom is 0.0702 e. The van der Waals surface area contributed by atoms with Gasteiger partial charge in [-0.2, -0.15) is 0 Å². The first-order chi connectivity index (χ1) is 9.69. The molecule has 0 unspecified atom stereocenters. The molecular formula is C16H13Cl2NO. The predicted octanol–water partition coefficient (Wildman–Crippen LogP) is 4.49. The van der Waals surface area contributed by atoms with Gasteiger partial charge in [-0.25, -0.2) is 0 Å². The van der Waals surface area contributed by atoms with Crippen molar-refractivity contribution in [1.82, 2.24) is 4.57 Å². The van der Waals surface area contributed by atoms with E-state index in [1.807, 2.05) is 36.5 Å². The Bertz CT molecular complexity index is 764. The topological polar surface area (TPSA) is 25.2 Å². The molecule has 1 N–H and O–H groups in total. The van der Waals surface area contributed by atoms with E-state index in [4.69, 9.17) is 23.2 Å². The molecule has 3 rings (SSSR count). The molecule has 1 aromatic heterocycles. The molecule has 4 heteroatoms. The second kappa shape index (κ2) is 5.49. The molecule has 20 heavy (non-hydrogen) atoms. The summed E-state index contributed by atoms with van der Waals surface area (Å²) in [6.07, 6.45) is 2.00. The molecule has 0 fully saturated rings. The number of aliphatic hydroxyl groups is 1. The number of hydrogen-bond donors (Lipinski definition) is 1. The van der Waals surface area contributed by atoms with Crippen LogP contribution in [0, 0.1) is 0 Å². The number of halogens is 2. The SMILES string of the molecule is OCc1cccc2ccn(Cc3cc(Cl)ccc3Cl)c12. The lowest BCUT2D eigenvalue weighted by molar-refractivity contribution is 0.283. The molecule has 0 spiro atoms. The highest BCUT2D eigenvalue weighted by Crippen LogP contribution is 2.25. The molecule has 2 nitrogen and oxygen atoms in total. The number of nitrogens with zero attached hydrogens (tertiary/aromatic N) is 1. The van der Waals surface area contributed by atoms with Gasteiger partial charge >= 0.3 is 0 Å². The average molecular weight is 306 g/mol. The Balaban J connectivity index is 2.09. The van der Waals surface area contributed by atoms with E-state index in [1.165, 1.54) is 0 Å². The monoisotopic (exact) mass is 305 g/mol. The third kappa shape index (κ3) is 2.42. The molecule has 0 amide bonds. The molecule has 0 saturated heterocycles. The van der Waals surface area contributed by atoms with E-state index in [0.29, 0.717) is 16.6 Å². The number of hydrogen-bond acceptors (Lipinski definition) is 1. The molecule has 0 bridgehead atoms. The lowest BCUT2D eigenvalue weighted by Crippen LogP contribution is -2.01. The van der Waals surface area contributed by atoms with Crippen LogP contribution >= 0.6 is 23.2 Å². The quantitative estimate of drug-likeness (QED) is 0.758. The fourth-order valence-electron chi connectivity index (χ4n) is 2.45. The fourth-order valence-corrected chi connectivity index (χ4v) is 2.82. The van der Waals surface area contributed by atoms with Gasteiger partial charge in [0.05, 0.1) is 12.1 Å². The van der Waals surface area contributed by atoms with Crippen molar-refractivity contribution in [2.75, 3.05) is 0 Å². The molecule has 102 valence electrons. The second-order valence-electron chi connectivity index (χ2n) is 4.69. The van der Waals surface area contributed by atoms with Crippen LogP contribution in [0.2, 0.25) is 10.0 Å². The highest BCUT2D eigenvalue weighted by atomic mass is 35.5. The van der Waals surface area contributed by atoms with Gasteiger partial charge in [0.25, 0.3) is 0 Å².